The number of aromatic nitrogens is 2. The highest BCUT2D eigenvalue weighted by atomic mass is 35.5. The van der Waals surface area contributed by atoms with Crippen LogP contribution in [0.25, 0.3) is 0 Å². The molecule has 2 aromatic heterocycles. The Morgan fingerprint density at radius 2 is 0.962 bits per heavy atom. The van der Waals surface area contributed by atoms with E-state index in [9.17, 15) is 27.2 Å². The highest BCUT2D eigenvalue weighted by molar-refractivity contribution is 6.31. The third-order valence-electron chi connectivity index (χ3n) is 8.89. The van der Waals surface area contributed by atoms with Gasteiger partial charge in [0.25, 0.3) is 0 Å². The van der Waals surface area contributed by atoms with E-state index in [1.807, 2.05) is 9.80 Å². The number of amides is 4. The van der Waals surface area contributed by atoms with Gasteiger partial charge in [0.15, 0.2) is 11.6 Å². The van der Waals surface area contributed by atoms with Crippen molar-refractivity contribution in [1.29, 1.82) is 0 Å². The Morgan fingerprint density at radius 3 is 1.31 bits per heavy atom. The van der Waals surface area contributed by atoms with E-state index < -0.39 is 23.7 Å². The lowest BCUT2D eigenvalue weighted by molar-refractivity contribution is 0.190. The number of pyridine rings is 2. The molecule has 0 radical (unpaired) electrons. The number of carbonyl (C=O) groups is 2. The summed E-state index contributed by atoms with van der Waals surface area (Å²) in [6.45, 7) is 7.39. The van der Waals surface area contributed by atoms with Crippen molar-refractivity contribution in [3.05, 3.63) is 118 Å². The summed E-state index contributed by atoms with van der Waals surface area (Å²) in [7, 11) is 0. The summed E-state index contributed by atoms with van der Waals surface area (Å²) in [6.07, 6.45) is 5.45. The number of urea groups is 2. The van der Waals surface area contributed by atoms with Crippen LogP contribution in [0, 0.1) is 23.3 Å². The van der Waals surface area contributed by atoms with Crippen LogP contribution in [0.15, 0.2) is 73.3 Å². The summed E-state index contributed by atoms with van der Waals surface area (Å²) in [4.78, 5) is 39.5. The van der Waals surface area contributed by atoms with Gasteiger partial charge in [0, 0.05) is 64.8 Å². The van der Waals surface area contributed by atoms with E-state index in [4.69, 9.17) is 23.2 Å². The molecule has 52 heavy (non-hydrogen) atoms. The highest BCUT2D eigenvalue weighted by Gasteiger charge is 2.26. The van der Waals surface area contributed by atoms with Gasteiger partial charge in [0.05, 0.1) is 45.9 Å². The van der Waals surface area contributed by atoms with Crippen molar-refractivity contribution in [2.45, 2.75) is 25.9 Å². The van der Waals surface area contributed by atoms with E-state index >= 15 is 0 Å². The first-order chi connectivity index (χ1) is 24.9. The van der Waals surface area contributed by atoms with Gasteiger partial charge in [-0.05, 0) is 49.2 Å². The lowest BCUT2D eigenvalue weighted by Gasteiger charge is -2.36. The van der Waals surface area contributed by atoms with Crippen LogP contribution in [0.5, 0.6) is 0 Å². The Kier molecular flexibility index (Phi) is 13.0. The number of halogens is 6. The second-order valence-corrected chi connectivity index (χ2v) is 13.0. The molecule has 2 aliphatic heterocycles. The molecule has 0 aliphatic carbocycles. The standard InChI is InChI=1S/2C18H19ClF2N4O/c2*1-12(13-3-2-4-14(20)17(13)19)23-18(26)25-9-7-24(8-10-25)16-5-6-22-11-15(16)21/h2*2-6,11-12H,7-10H2,1H3,(H,23,26). The van der Waals surface area contributed by atoms with Crippen molar-refractivity contribution in [3.63, 3.8) is 0 Å². The number of anilines is 2. The average Bonchev–Trinajstić information content (AvgIpc) is 3.14. The summed E-state index contributed by atoms with van der Waals surface area (Å²) in [5, 5.41) is 5.69. The van der Waals surface area contributed by atoms with Gasteiger partial charge in [-0.15, -0.1) is 0 Å². The number of nitrogens with zero attached hydrogens (tertiary/aromatic N) is 6. The van der Waals surface area contributed by atoms with Crippen LogP contribution in [0.1, 0.15) is 37.1 Å². The molecular formula is C36H38Cl2F4N8O2. The van der Waals surface area contributed by atoms with Gasteiger partial charge in [-0.1, -0.05) is 47.5 Å². The molecule has 276 valence electrons. The minimum Gasteiger partial charge on any atom is -0.366 e. The van der Waals surface area contributed by atoms with Crippen molar-refractivity contribution in [2.24, 2.45) is 0 Å². The SMILES string of the molecule is CC(NC(=O)N1CCN(c2ccncc2F)CC1)c1cccc(F)c1Cl.CC(NC(=O)N1CCN(c2ccncc2F)CC1)c1cccc(F)c1Cl. The van der Waals surface area contributed by atoms with E-state index in [-0.39, 0.29) is 33.7 Å². The molecule has 2 unspecified atom stereocenters. The number of nitrogens with one attached hydrogen (secondary N) is 2. The maximum absolute atomic E-state index is 13.8. The number of hydrogen-bond donors (Lipinski definition) is 2. The number of piperazine rings is 2. The lowest BCUT2D eigenvalue weighted by atomic mass is 10.1. The molecule has 6 rings (SSSR count). The zero-order valence-corrected chi connectivity index (χ0v) is 30.0. The van der Waals surface area contributed by atoms with Crippen LogP contribution in [-0.4, -0.2) is 84.2 Å². The molecule has 2 aromatic carbocycles. The van der Waals surface area contributed by atoms with Crippen LogP contribution < -0.4 is 20.4 Å². The number of rotatable bonds is 6. The van der Waals surface area contributed by atoms with Gasteiger partial charge >= 0.3 is 12.1 Å². The Balaban J connectivity index is 0.000000201. The summed E-state index contributed by atoms with van der Waals surface area (Å²) in [6, 6.07) is 10.9. The molecule has 4 amide bonds. The Labute approximate surface area is 309 Å². The van der Waals surface area contributed by atoms with Gasteiger partial charge < -0.3 is 30.2 Å². The summed E-state index contributed by atoms with van der Waals surface area (Å²) < 4.78 is 54.8. The first kappa shape index (κ1) is 38.4. The van der Waals surface area contributed by atoms with E-state index in [0.717, 1.165) is 0 Å². The largest absolute Gasteiger partial charge is 0.366 e. The fourth-order valence-electron chi connectivity index (χ4n) is 5.97. The van der Waals surface area contributed by atoms with Crippen molar-refractivity contribution in [1.82, 2.24) is 30.4 Å². The summed E-state index contributed by atoms with van der Waals surface area (Å²) in [5.41, 5.74) is 2.02. The maximum atomic E-state index is 13.8. The first-order valence-electron chi connectivity index (χ1n) is 16.6. The monoisotopic (exact) mass is 760 g/mol. The van der Waals surface area contributed by atoms with Gasteiger partial charge in [0.2, 0.25) is 0 Å². The minimum atomic E-state index is -0.516. The van der Waals surface area contributed by atoms with Gasteiger partial charge in [-0.25, -0.2) is 27.2 Å². The van der Waals surface area contributed by atoms with Crippen LogP contribution >= 0.6 is 23.2 Å². The van der Waals surface area contributed by atoms with Gasteiger partial charge in [0.1, 0.15) is 11.6 Å². The van der Waals surface area contributed by atoms with E-state index in [2.05, 4.69) is 20.6 Å². The minimum absolute atomic E-state index is 0.0123. The smallest absolute Gasteiger partial charge is 0.317 e. The Bertz CT molecular complexity index is 1730. The van der Waals surface area contributed by atoms with Crippen LogP contribution in [0.2, 0.25) is 10.0 Å². The molecule has 10 nitrogen and oxygen atoms in total. The number of carbonyl (C=O) groups excluding carboxylic acids is 2. The summed E-state index contributed by atoms with van der Waals surface area (Å²) in [5.74, 6) is -1.78. The van der Waals surface area contributed by atoms with Crippen molar-refractivity contribution >= 4 is 46.6 Å². The zero-order chi connectivity index (χ0) is 37.4. The molecular weight excluding hydrogens is 723 g/mol. The third-order valence-corrected chi connectivity index (χ3v) is 9.69. The molecule has 2 N–H and O–H groups in total. The number of benzene rings is 2. The molecule has 0 spiro atoms. The van der Waals surface area contributed by atoms with E-state index in [1.165, 1.54) is 24.5 Å². The lowest BCUT2D eigenvalue weighted by Crippen LogP contribution is -2.52. The van der Waals surface area contributed by atoms with Gasteiger partial charge in [-0.2, -0.15) is 0 Å². The highest BCUT2D eigenvalue weighted by Crippen LogP contribution is 2.27. The molecule has 4 aromatic rings. The van der Waals surface area contributed by atoms with Gasteiger partial charge in [-0.3, -0.25) is 9.97 Å². The molecule has 0 saturated carbocycles. The van der Waals surface area contributed by atoms with Crippen LogP contribution in [0.3, 0.4) is 0 Å². The predicted molar refractivity (Wildman–Crippen MR) is 193 cm³/mol. The quantitative estimate of drug-likeness (QED) is 0.202. The molecule has 2 saturated heterocycles. The fourth-order valence-corrected chi connectivity index (χ4v) is 6.55. The normalized spacial score (nSPS) is 15.7. The zero-order valence-electron chi connectivity index (χ0n) is 28.5. The molecule has 2 aliphatic rings. The number of hydrogen-bond acceptors (Lipinski definition) is 6. The van der Waals surface area contributed by atoms with Crippen molar-refractivity contribution in [2.75, 3.05) is 62.2 Å². The van der Waals surface area contributed by atoms with E-state index in [1.54, 1.807) is 72.4 Å². The second-order valence-electron chi connectivity index (χ2n) is 12.2. The van der Waals surface area contributed by atoms with Crippen LogP contribution in [0.4, 0.5) is 38.5 Å². The first-order valence-corrected chi connectivity index (χ1v) is 17.4. The molecule has 2 fully saturated rings. The Morgan fingerprint density at radius 1 is 0.596 bits per heavy atom. The second kappa shape index (κ2) is 17.6. The molecule has 16 heteroatoms. The topological polar surface area (TPSA) is 96.9 Å². The Hall–Kier alpha value is -4.82. The molecule has 0 bridgehead atoms. The third kappa shape index (κ3) is 9.34. The van der Waals surface area contributed by atoms with Crippen molar-refractivity contribution in [3.8, 4) is 0 Å². The fraction of sp³-hybridized carbons (Fsp3) is 0.333. The maximum Gasteiger partial charge on any atom is 0.317 e. The summed E-state index contributed by atoms with van der Waals surface area (Å²) >= 11 is 11.9. The van der Waals surface area contributed by atoms with E-state index in [0.29, 0.717) is 74.9 Å². The van der Waals surface area contributed by atoms with Crippen molar-refractivity contribution < 1.29 is 27.2 Å². The average molecular weight is 762 g/mol. The predicted octanol–water partition coefficient (Wildman–Crippen LogP) is 7.21. The molecule has 2 atom stereocenters. The van der Waals surface area contributed by atoms with Crippen LogP contribution in [-0.2, 0) is 0 Å². The molecule has 4 heterocycles.